The zero-order chi connectivity index (χ0) is 23.9. The summed E-state index contributed by atoms with van der Waals surface area (Å²) in [6.45, 7) is 2.03. The minimum absolute atomic E-state index is 0.0713. The highest BCUT2D eigenvalue weighted by atomic mass is 19.1. The van der Waals surface area contributed by atoms with Crippen LogP contribution in [-0.4, -0.2) is 59.9 Å². The predicted octanol–water partition coefficient (Wildman–Crippen LogP) is 2.08. The molecule has 178 valence electrons. The maximum atomic E-state index is 13.6. The van der Waals surface area contributed by atoms with Crippen molar-refractivity contribution in [1.82, 2.24) is 9.97 Å². The highest BCUT2D eigenvalue weighted by Crippen LogP contribution is 2.31. The lowest BCUT2D eigenvalue weighted by molar-refractivity contribution is -0.118. The van der Waals surface area contributed by atoms with E-state index in [0.29, 0.717) is 55.4 Å². The number of nitrogens with one attached hydrogen (secondary N) is 1. The molecule has 8 nitrogen and oxygen atoms in total. The number of carbonyl (C=O) groups excluding carboxylic acids is 1. The number of nitrogens with two attached hydrogens (primary N) is 1. The minimum atomic E-state index is -0.734. The van der Waals surface area contributed by atoms with E-state index in [1.54, 1.807) is 30.6 Å². The Morgan fingerprint density at radius 1 is 1.29 bits per heavy atom. The van der Waals surface area contributed by atoms with Gasteiger partial charge in [-0.05, 0) is 41.8 Å². The maximum Gasteiger partial charge on any atom is 0.229 e. The Morgan fingerprint density at radius 2 is 2.18 bits per heavy atom. The van der Waals surface area contributed by atoms with Gasteiger partial charge in [0.25, 0.3) is 0 Å². The zero-order valence-electron chi connectivity index (χ0n) is 18.7. The van der Waals surface area contributed by atoms with Crippen LogP contribution < -0.4 is 16.0 Å². The highest BCUT2D eigenvalue weighted by molar-refractivity contribution is 5.87. The number of hydrogen-bond acceptors (Lipinski definition) is 7. The van der Waals surface area contributed by atoms with Gasteiger partial charge in [-0.25, -0.2) is 9.37 Å². The van der Waals surface area contributed by atoms with Crippen LogP contribution >= 0.6 is 0 Å². The van der Waals surface area contributed by atoms with Crippen LogP contribution in [-0.2, 0) is 16.0 Å². The van der Waals surface area contributed by atoms with E-state index in [1.165, 1.54) is 12.1 Å². The number of ether oxygens (including phenoxy) is 1. The van der Waals surface area contributed by atoms with E-state index in [1.807, 2.05) is 23.1 Å². The van der Waals surface area contributed by atoms with Crippen molar-refractivity contribution in [1.29, 1.82) is 0 Å². The fourth-order valence-corrected chi connectivity index (χ4v) is 4.11. The number of hydrogen-bond donors (Lipinski definition) is 3. The number of aliphatic hydroxyl groups excluding tert-OH is 1. The van der Waals surface area contributed by atoms with Crippen LogP contribution in [0.15, 0.2) is 60.9 Å². The third-order valence-electron chi connectivity index (χ3n) is 5.79. The molecule has 1 amide bonds. The second-order valence-electron chi connectivity index (χ2n) is 8.16. The second kappa shape index (κ2) is 11.0. The Morgan fingerprint density at radius 3 is 2.91 bits per heavy atom. The van der Waals surface area contributed by atoms with Crippen molar-refractivity contribution in [3.8, 4) is 0 Å². The van der Waals surface area contributed by atoms with E-state index < -0.39 is 11.8 Å². The zero-order valence-corrected chi connectivity index (χ0v) is 18.7. The first-order valence-electron chi connectivity index (χ1n) is 11.2. The number of benzene rings is 1. The Bertz CT molecular complexity index is 1110. The molecule has 1 fully saturated rings. The number of rotatable bonds is 9. The van der Waals surface area contributed by atoms with Crippen molar-refractivity contribution < 1.29 is 19.0 Å². The fourth-order valence-electron chi connectivity index (χ4n) is 4.11. The monoisotopic (exact) mass is 465 g/mol. The average Bonchev–Trinajstić information content (AvgIpc) is 2.85. The number of carbonyl (C=O) groups is 1. The number of halogens is 1. The second-order valence-corrected chi connectivity index (χ2v) is 8.16. The molecule has 3 aromatic rings. The summed E-state index contributed by atoms with van der Waals surface area (Å²) in [6.07, 6.45) is 3.54. The van der Waals surface area contributed by atoms with Gasteiger partial charge in [-0.15, -0.1) is 0 Å². The third-order valence-corrected chi connectivity index (χ3v) is 5.79. The summed E-state index contributed by atoms with van der Waals surface area (Å²) < 4.78 is 19.1. The van der Waals surface area contributed by atoms with E-state index in [2.05, 4.69) is 10.3 Å². The van der Waals surface area contributed by atoms with Crippen LogP contribution in [0.2, 0.25) is 0 Å². The molecule has 4 rings (SSSR count). The van der Waals surface area contributed by atoms with Crippen molar-refractivity contribution in [3.63, 3.8) is 0 Å². The molecule has 0 spiro atoms. The first-order chi connectivity index (χ1) is 16.5. The molecule has 2 aromatic heterocycles. The van der Waals surface area contributed by atoms with E-state index in [4.69, 9.17) is 15.5 Å². The first-order valence-corrected chi connectivity index (χ1v) is 11.2. The van der Waals surface area contributed by atoms with Crippen LogP contribution in [0.5, 0.6) is 0 Å². The number of aromatic nitrogens is 2. The number of morpholine rings is 1. The lowest BCUT2D eigenvalue weighted by atomic mass is 9.92. The molecule has 34 heavy (non-hydrogen) atoms. The minimum Gasteiger partial charge on any atom is -0.394 e. The molecule has 3 heterocycles. The number of nitrogens with zero attached hydrogens (tertiary/aromatic N) is 3. The molecule has 1 aromatic carbocycles. The van der Waals surface area contributed by atoms with Crippen LogP contribution in [0.4, 0.5) is 16.0 Å². The Labute approximate surface area is 197 Å². The van der Waals surface area contributed by atoms with Crippen molar-refractivity contribution in [2.45, 2.75) is 18.4 Å². The quantitative estimate of drug-likeness (QED) is 0.443. The van der Waals surface area contributed by atoms with Gasteiger partial charge in [-0.3, -0.25) is 9.78 Å². The highest BCUT2D eigenvalue weighted by Gasteiger charge is 2.26. The summed E-state index contributed by atoms with van der Waals surface area (Å²) >= 11 is 0. The molecule has 1 saturated heterocycles. The standard InChI is InChI=1S/C25H28FN5O3/c26-19-5-1-3-17(13-19)8-10-29-25-21(23(24(27)33)18-4-2-9-28-14-18)6-7-22(30-25)31-11-12-34-20(15-31)16-32/h1-7,9,13-14,20,23,32H,8,10-12,15-16H2,(H2,27,33)(H,29,30). The SMILES string of the molecule is NC(=O)C(c1cccnc1)c1ccc(N2CCOC(CO)C2)nc1NCCc1cccc(F)c1. The number of anilines is 2. The molecule has 1 aliphatic heterocycles. The molecule has 9 heteroatoms. The smallest absolute Gasteiger partial charge is 0.229 e. The van der Waals surface area contributed by atoms with E-state index in [9.17, 15) is 14.3 Å². The Kier molecular flexibility index (Phi) is 7.66. The van der Waals surface area contributed by atoms with Crippen LogP contribution in [0.25, 0.3) is 0 Å². The van der Waals surface area contributed by atoms with Crippen molar-refractivity contribution >= 4 is 17.5 Å². The normalized spacial score (nSPS) is 16.8. The van der Waals surface area contributed by atoms with Crippen LogP contribution in [0, 0.1) is 5.82 Å². The van der Waals surface area contributed by atoms with E-state index >= 15 is 0 Å². The fraction of sp³-hybridized carbons (Fsp3) is 0.320. The third kappa shape index (κ3) is 5.67. The lowest BCUT2D eigenvalue weighted by Crippen LogP contribution is -2.44. The summed E-state index contributed by atoms with van der Waals surface area (Å²) in [4.78, 5) is 23.5. The topological polar surface area (TPSA) is 114 Å². The van der Waals surface area contributed by atoms with Gasteiger partial charge < -0.3 is 25.8 Å². The average molecular weight is 466 g/mol. The molecule has 0 saturated carbocycles. The van der Waals surface area contributed by atoms with Gasteiger partial charge in [0.15, 0.2) is 0 Å². The first kappa shape index (κ1) is 23.6. The largest absolute Gasteiger partial charge is 0.394 e. The van der Waals surface area contributed by atoms with Gasteiger partial charge in [-0.1, -0.05) is 24.3 Å². The summed E-state index contributed by atoms with van der Waals surface area (Å²) in [5.74, 6) is -0.305. The molecule has 0 bridgehead atoms. The summed E-state index contributed by atoms with van der Waals surface area (Å²) in [5, 5.41) is 12.8. The van der Waals surface area contributed by atoms with Gasteiger partial charge in [0.05, 0.1) is 25.2 Å². The molecule has 0 radical (unpaired) electrons. The molecular formula is C25H28FN5O3. The summed E-state index contributed by atoms with van der Waals surface area (Å²) in [7, 11) is 0. The van der Waals surface area contributed by atoms with Crippen LogP contribution in [0.1, 0.15) is 22.6 Å². The Hall–Kier alpha value is -3.56. The summed E-state index contributed by atoms with van der Waals surface area (Å²) in [6, 6.07) is 13.7. The van der Waals surface area contributed by atoms with Crippen molar-refractivity contribution in [2.24, 2.45) is 5.73 Å². The molecule has 1 aliphatic rings. The molecule has 2 atom stereocenters. The van der Waals surface area contributed by atoms with Crippen molar-refractivity contribution in [2.75, 3.05) is 43.1 Å². The number of primary amides is 1. The van der Waals surface area contributed by atoms with E-state index in [0.717, 1.165) is 5.56 Å². The van der Waals surface area contributed by atoms with Gasteiger partial charge in [0.2, 0.25) is 5.91 Å². The molecule has 4 N–H and O–H groups in total. The predicted molar refractivity (Wildman–Crippen MR) is 127 cm³/mol. The van der Waals surface area contributed by atoms with Gasteiger partial charge >= 0.3 is 0 Å². The molecular weight excluding hydrogens is 437 g/mol. The van der Waals surface area contributed by atoms with Gasteiger partial charge in [0, 0.05) is 37.6 Å². The van der Waals surface area contributed by atoms with Crippen molar-refractivity contribution in [3.05, 3.63) is 83.4 Å². The Balaban J connectivity index is 1.64. The van der Waals surface area contributed by atoms with Crippen LogP contribution in [0.3, 0.4) is 0 Å². The number of pyridine rings is 2. The summed E-state index contributed by atoms with van der Waals surface area (Å²) in [5.41, 5.74) is 7.96. The molecule has 2 unspecified atom stereocenters. The van der Waals surface area contributed by atoms with E-state index in [-0.39, 0.29) is 18.5 Å². The van der Waals surface area contributed by atoms with Gasteiger partial charge in [0.1, 0.15) is 17.5 Å². The van der Waals surface area contributed by atoms with Gasteiger partial charge in [-0.2, -0.15) is 0 Å². The lowest BCUT2D eigenvalue weighted by Gasteiger charge is -2.33. The number of amides is 1. The molecule has 0 aliphatic carbocycles. The maximum absolute atomic E-state index is 13.6. The number of aliphatic hydroxyl groups is 1.